The number of rotatable bonds is 4. The maximum Gasteiger partial charge on any atom is 0.238 e. The molecular formula is C14H13ClFNO3S. The smallest absolute Gasteiger partial charge is 0.238 e. The minimum absolute atomic E-state index is 0.0956. The third kappa shape index (κ3) is 3.93. The van der Waals surface area contributed by atoms with Gasteiger partial charge in [-0.25, -0.2) is 17.9 Å². The van der Waals surface area contributed by atoms with Crippen LogP contribution in [0, 0.1) is 12.7 Å². The molecule has 0 unspecified atom stereocenters. The van der Waals surface area contributed by atoms with E-state index in [1.54, 1.807) is 6.07 Å². The van der Waals surface area contributed by atoms with Crippen LogP contribution in [0.5, 0.6) is 5.75 Å². The summed E-state index contributed by atoms with van der Waals surface area (Å²) in [6, 6.07) is 8.32. The van der Waals surface area contributed by atoms with Crippen molar-refractivity contribution in [2.45, 2.75) is 18.4 Å². The number of ether oxygens (including phenoxy) is 1. The van der Waals surface area contributed by atoms with Gasteiger partial charge in [0.1, 0.15) is 18.2 Å². The van der Waals surface area contributed by atoms with Crippen molar-refractivity contribution in [2.24, 2.45) is 5.14 Å². The third-order valence-electron chi connectivity index (χ3n) is 2.93. The quantitative estimate of drug-likeness (QED) is 0.937. The van der Waals surface area contributed by atoms with Crippen LogP contribution in [0.3, 0.4) is 0 Å². The van der Waals surface area contributed by atoms with Crippen LogP contribution in [0.15, 0.2) is 41.3 Å². The normalized spacial score (nSPS) is 11.4. The second-order valence-electron chi connectivity index (χ2n) is 4.50. The molecule has 2 rings (SSSR count). The number of aryl methyl sites for hydroxylation is 1. The van der Waals surface area contributed by atoms with Crippen LogP contribution in [0.25, 0.3) is 0 Å². The highest BCUT2D eigenvalue weighted by molar-refractivity contribution is 7.89. The van der Waals surface area contributed by atoms with Crippen molar-refractivity contribution in [1.29, 1.82) is 0 Å². The zero-order valence-corrected chi connectivity index (χ0v) is 12.7. The predicted molar refractivity (Wildman–Crippen MR) is 78.3 cm³/mol. The van der Waals surface area contributed by atoms with Crippen molar-refractivity contribution in [2.75, 3.05) is 0 Å². The summed E-state index contributed by atoms with van der Waals surface area (Å²) in [5, 5.41) is 5.13. The third-order valence-corrected chi connectivity index (χ3v) is 4.13. The minimum atomic E-state index is -3.81. The summed E-state index contributed by atoms with van der Waals surface area (Å²) < 4.78 is 41.1. The first-order valence-corrected chi connectivity index (χ1v) is 7.90. The molecule has 112 valence electrons. The van der Waals surface area contributed by atoms with Crippen molar-refractivity contribution in [3.63, 3.8) is 0 Å². The van der Waals surface area contributed by atoms with E-state index in [4.69, 9.17) is 21.5 Å². The van der Waals surface area contributed by atoms with E-state index < -0.39 is 10.0 Å². The number of nitrogens with two attached hydrogens (primary N) is 1. The van der Waals surface area contributed by atoms with Gasteiger partial charge < -0.3 is 4.74 Å². The van der Waals surface area contributed by atoms with E-state index in [-0.39, 0.29) is 22.3 Å². The molecule has 0 aliphatic carbocycles. The van der Waals surface area contributed by atoms with Crippen LogP contribution in [0.1, 0.15) is 11.1 Å². The van der Waals surface area contributed by atoms with E-state index in [9.17, 15) is 12.8 Å². The van der Waals surface area contributed by atoms with Gasteiger partial charge in [-0.05, 0) is 48.4 Å². The molecule has 2 aromatic carbocycles. The molecule has 0 amide bonds. The average Bonchev–Trinajstić information content (AvgIpc) is 2.40. The Morgan fingerprint density at radius 2 is 1.95 bits per heavy atom. The van der Waals surface area contributed by atoms with Gasteiger partial charge in [0.25, 0.3) is 0 Å². The second-order valence-corrected chi connectivity index (χ2v) is 6.47. The Kier molecular flexibility index (Phi) is 4.51. The number of halogens is 2. The highest BCUT2D eigenvalue weighted by atomic mass is 35.5. The number of hydrogen-bond donors (Lipinski definition) is 1. The predicted octanol–water partition coefficient (Wildman–Crippen LogP) is 3.01. The van der Waals surface area contributed by atoms with Crippen LogP contribution in [0.4, 0.5) is 4.39 Å². The Morgan fingerprint density at radius 1 is 1.24 bits per heavy atom. The van der Waals surface area contributed by atoms with Crippen molar-refractivity contribution in [3.05, 3.63) is 58.4 Å². The molecule has 0 aliphatic heterocycles. The average molecular weight is 330 g/mol. The molecule has 2 N–H and O–H groups in total. The maximum absolute atomic E-state index is 13.2. The number of sulfonamides is 1. The van der Waals surface area contributed by atoms with Crippen molar-refractivity contribution in [3.8, 4) is 5.75 Å². The molecule has 0 spiro atoms. The van der Waals surface area contributed by atoms with Crippen LogP contribution in [-0.4, -0.2) is 8.42 Å². The molecule has 7 heteroatoms. The largest absolute Gasteiger partial charge is 0.487 e. The number of primary sulfonamides is 1. The molecule has 0 saturated heterocycles. The fraction of sp³-hybridized carbons (Fsp3) is 0.143. The maximum atomic E-state index is 13.2. The van der Waals surface area contributed by atoms with E-state index in [0.29, 0.717) is 11.3 Å². The van der Waals surface area contributed by atoms with Gasteiger partial charge in [-0.2, -0.15) is 0 Å². The molecular weight excluding hydrogens is 317 g/mol. The van der Waals surface area contributed by atoms with Gasteiger partial charge in [-0.3, -0.25) is 0 Å². The fourth-order valence-electron chi connectivity index (χ4n) is 1.73. The molecule has 0 radical (unpaired) electrons. The molecule has 21 heavy (non-hydrogen) atoms. The molecule has 4 nitrogen and oxygen atoms in total. The van der Waals surface area contributed by atoms with Gasteiger partial charge >= 0.3 is 0 Å². The van der Waals surface area contributed by atoms with E-state index in [2.05, 4.69) is 0 Å². The summed E-state index contributed by atoms with van der Waals surface area (Å²) in [5.41, 5.74) is 1.57. The summed E-state index contributed by atoms with van der Waals surface area (Å²) in [6.45, 7) is 1.96. The summed E-state index contributed by atoms with van der Waals surface area (Å²) in [6.07, 6.45) is 0. The standard InChI is InChI=1S/C14H13ClFNO3S/c1-9-2-3-11(16)6-10(9)8-20-14-5-4-12(7-13(14)15)21(17,18)19/h2-7H,8H2,1H3,(H2,17,18,19). The summed E-state index contributed by atoms with van der Waals surface area (Å²) in [7, 11) is -3.81. The SMILES string of the molecule is Cc1ccc(F)cc1COc1ccc(S(N)(=O)=O)cc1Cl. The first-order valence-electron chi connectivity index (χ1n) is 5.97. The van der Waals surface area contributed by atoms with Crippen molar-refractivity contribution < 1.29 is 17.5 Å². The minimum Gasteiger partial charge on any atom is -0.487 e. The van der Waals surface area contributed by atoms with Gasteiger partial charge in [0.05, 0.1) is 9.92 Å². The molecule has 0 saturated carbocycles. The fourth-order valence-corrected chi connectivity index (χ4v) is 2.57. The second kappa shape index (κ2) is 6.01. The Labute approximate surface area is 127 Å². The lowest BCUT2D eigenvalue weighted by atomic mass is 10.1. The Morgan fingerprint density at radius 3 is 2.57 bits per heavy atom. The highest BCUT2D eigenvalue weighted by Gasteiger charge is 2.11. The monoisotopic (exact) mass is 329 g/mol. The highest BCUT2D eigenvalue weighted by Crippen LogP contribution is 2.28. The summed E-state index contributed by atoms with van der Waals surface area (Å²) in [5.74, 6) is -0.0532. The van der Waals surface area contributed by atoms with Crippen LogP contribution >= 0.6 is 11.6 Å². The molecule has 2 aromatic rings. The van der Waals surface area contributed by atoms with Gasteiger partial charge in [-0.15, -0.1) is 0 Å². The van der Waals surface area contributed by atoms with Crippen LogP contribution in [0.2, 0.25) is 5.02 Å². The lowest BCUT2D eigenvalue weighted by molar-refractivity contribution is 0.304. The number of hydrogen-bond acceptors (Lipinski definition) is 3. The van der Waals surface area contributed by atoms with E-state index >= 15 is 0 Å². The topological polar surface area (TPSA) is 69.4 Å². The Balaban J connectivity index is 2.19. The van der Waals surface area contributed by atoms with Gasteiger partial charge in [-0.1, -0.05) is 17.7 Å². The Bertz CT molecular complexity index is 778. The van der Waals surface area contributed by atoms with E-state index in [0.717, 1.165) is 5.56 Å². The van der Waals surface area contributed by atoms with E-state index in [1.807, 2.05) is 6.92 Å². The first-order chi connectivity index (χ1) is 9.77. The number of benzene rings is 2. The van der Waals surface area contributed by atoms with Crippen molar-refractivity contribution >= 4 is 21.6 Å². The molecule has 0 aromatic heterocycles. The molecule has 0 atom stereocenters. The lowest BCUT2D eigenvalue weighted by Crippen LogP contribution is -2.12. The molecule has 0 bridgehead atoms. The summed E-state index contributed by atoms with van der Waals surface area (Å²) in [4.78, 5) is -0.0956. The first kappa shape index (κ1) is 15.8. The lowest BCUT2D eigenvalue weighted by Gasteiger charge is -2.11. The zero-order valence-electron chi connectivity index (χ0n) is 11.1. The van der Waals surface area contributed by atoms with E-state index in [1.165, 1.54) is 30.3 Å². The molecule has 0 heterocycles. The van der Waals surface area contributed by atoms with Gasteiger partial charge in [0.15, 0.2) is 0 Å². The van der Waals surface area contributed by atoms with Crippen molar-refractivity contribution in [1.82, 2.24) is 0 Å². The Hall–Kier alpha value is -1.63. The van der Waals surface area contributed by atoms with Crippen LogP contribution < -0.4 is 9.88 Å². The zero-order chi connectivity index (χ0) is 15.6. The van der Waals surface area contributed by atoms with Gasteiger partial charge in [0, 0.05) is 0 Å². The van der Waals surface area contributed by atoms with Crippen LogP contribution in [-0.2, 0) is 16.6 Å². The molecule has 0 aliphatic rings. The summed E-state index contributed by atoms with van der Waals surface area (Å²) >= 11 is 5.95. The van der Waals surface area contributed by atoms with Gasteiger partial charge in [0.2, 0.25) is 10.0 Å². The molecule has 0 fully saturated rings.